The van der Waals surface area contributed by atoms with Crippen LogP contribution in [-0.2, 0) is 22.6 Å². The number of Topliss-reactive ketones (excluding diaryl/α,β-unsaturated/α-hetero) is 1. The molecule has 1 atom stereocenters. The molecule has 0 saturated carbocycles. The van der Waals surface area contributed by atoms with E-state index in [-0.39, 0.29) is 30.5 Å². The molecular formula is C18H20N4O3. The van der Waals surface area contributed by atoms with Gasteiger partial charge in [-0.05, 0) is 25.3 Å². The van der Waals surface area contributed by atoms with Crippen LogP contribution in [0.4, 0.5) is 0 Å². The third kappa shape index (κ3) is 2.79. The predicted octanol–water partition coefficient (Wildman–Crippen LogP) is 0.690. The molecule has 7 heteroatoms. The Hall–Kier alpha value is -2.70. The third-order valence-corrected chi connectivity index (χ3v) is 4.91. The van der Waals surface area contributed by atoms with E-state index in [1.54, 1.807) is 0 Å². The first-order valence-corrected chi connectivity index (χ1v) is 8.57. The van der Waals surface area contributed by atoms with Gasteiger partial charge in [-0.1, -0.05) is 29.8 Å². The van der Waals surface area contributed by atoms with Crippen LogP contribution in [0.25, 0.3) is 0 Å². The number of benzene rings is 1. The topological polar surface area (TPSA) is 77.2 Å². The van der Waals surface area contributed by atoms with Crippen LogP contribution in [0.2, 0.25) is 0 Å². The van der Waals surface area contributed by atoms with Crippen LogP contribution in [0.5, 0.6) is 0 Å². The maximum atomic E-state index is 12.8. The number of aromatic nitrogens is 3. The van der Waals surface area contributed by atoms with Crippen LogP contribution in [0.3, 0.4) is 0 Å². The molecule has 2 aromatic rings. The highest BCUT2D eigenvalue weighted by Crippen LogP contribution is 2.25. The Morgan fingerprint density at radius 2 is 1.92 bits per heavy atom. The lowest BCUT2D eigenvalue weighted by atomic mass is 10.0. The molecule has 3 heterocycles. The van der Waals surface area contributed by atoms with E-state index in [4.69, 9.17) is 0 Å². The molecule has 1 unspecified atom stereocenters. The Bertz CT molecular complexity index is 886. The fraction of sp³-hybridized carbons (Fsp3) is 0.444. The maximum absolute atomic E-state index is 12.8. The molecule has 0 radical (unpaired) electrons. The normalized spacial score (nSPS) is 19.5. The Balaban J connectivity index is 1.62. The van der Waals surface area contributed by atoms with Crippen molar-refractivity contribution in [2.75, 3.05) is 13.1 Å². The molecule has 1 aromatic heterocycles. The second-order valence-electron chi connectivity index (χ2n) is 6.85. The van der Waals surface area contributed by atoms with Crippen LogP contribution in [0, 0.1) is 6.92 Å². The number of nitrogens with zero attached hydrogens (tertiary/aromatic N) is 4. The average molecular weight is 340 g/mol. The number of likely N-dealkylation sites (tertiary alicyclic amines) is 1. The van der Waals surface area contributed by atoms with Gasteiger partial charge in [0.1, 0.15) is 11.9 Å². The predicted molar refractivity (Wildman–Crippen MR) is 90.3 cm³/mol. The van der Waals surface area contributed by atoms with Gasteiger partial charge in [0.2, 0.25) is 5.91 Å². The standard InChI is InChI=1S/C18H20N4O3/c1-12-5-7-13(8-6-12)9-21-18(25)22-15(3-2-4-16(22)19-21)17(24)20-10-14(23)11-20/h5-8,15H,2-4,9-11H2,1H3. The van der Waals surface area contributed by atoms with Crippen LogP contribution < -0.4 is 5.69 Å². The number of fused-ring (bicyclic) bond motifs is 1. The van der Waals surface area contributed by atoms with Crippen molar-refractivity contribution in [3.8, 4) is 0 Å². The number of carbonyl (C=O) groups excluding carboxylic acids is 2. The summed E-state index contributed by atoms with van der Waals surface area (Å²) in [6, 6.07) is 7.44. The van der Waals surface area contributed by atoms with Gasteiger partial charge < -0.3 is 4.90 Å². The molecule has 0 bridgehead atoms. The summed E-state index contributed by atoms with van der Waals surface area (Å²) in [6.45, 7) is 2.73. The SMILES string of the molecule is Cc1ccc(Cn2nc3n(c2=O)C(C(=O)N2CC(=O)C2)CCC3)cc1. The number of hydrogen-bond donors (Lipinski definition) is 0. The Kier molecular flexibility index (Phi) is 3.78. The molecule has 0 N–H and O–H groups in total. The van der Waals surface area contributed by atoms with Gasteiger partial charge in [0.25, 0.3) is 0 Å². The summed E-state index contributed by atoms with van der Waals surface area (Å²) < 4.78 is 2.97. The van der Waals surface area contributed by atoms with Crippen molar-refractivity contribution >= 4 is 11.7 Å². The van der Waals surface area contributed by atoms with Crippen molar-refractivity contribution in [3.63, 3.8) is 0 Å². The lowest BCUT2D eigenvalue weighted by Crippen LogP contribution is -2.54. The molecule has 0 aliphatic carbocycles. The summed E-state index contributed by atoms with van der Waals surface area (Å²) in [4.78, 5) is 38.1. The minimum atomic E-state index is -0.531. The molecule has 1 saturated heterocycles. The molecule has 0 spiro atoms. The first-order valence-electron chi connectivity index (χ1n) is 8.57. The Morgan fingerprint density at radius 1 is 1.20 bits per heavy atom. The van der Waals surface area contributed by atoms with E-state index < -0.39 is 6.04 Å². The number of rotatable bonds is 3. The largest absolute Gasteiger partial charge is 0.346 e. The Morgan fingerprint density at radius 3 is 2.60 bits per heavy atom. The van der Waals surface area contributed by atoms with E-state index >= 15 is 0 Å². The van der Waals surface area contributed by atoms with Gasteiger partial charge >= 0.3 is 5.69 Å². The summed E-state index contributed by atoms with van der Waals surface area (Å²) >= 11 is 0. The zero-order valence-corrected chi connectivity index (χ0v) is 14.1. The summed E-state index contributed by atoms with van der Waals surface area (Å²) in [6.07, 6.45) is 2.13. The monoisotopic (exact) mass is 340 g/mol. The molecule has 25 heavy (non-hydrogen) atoms. The first kappa shape index (κ1) is 15.8. The fourth-order valence-electron chi connectivity index (χ4n) is 3.48. The van der Waals surface area contributed by atoms with Gasteiger partial charge in [-0.3, -0.25) is 14.2 Å². The zero-order chi connectivity index (χ0) is 17.6. The fourth-order valence-corrected chi connectivity index (χ4v) is 3.48. The number of aryl methyl sites for hydroxylation is 2. The maximum Gasteiger partial charge on any atom is 0.346 e. The smallest absolute Gasteiger partial charge is 0.326 e. The van der Waals surface area contributed by atoms with Crippen LogP contribution >= 0.6 is 0 Å². The van der Waals surface area contributed by atoms with Gasteiger partial charge in [0.15, 0.2) is 5.78 Å². The van der Waals surface area contributed by atoms with Crippen molar-refractivity contribution in [3.05, 3.63) is 51.7 Å². The minimum absolute atomic E-state index is 0.0618. The Labute approximate surface area is 144 Å². The van der Waals surface area contributed by atoms with Crippen LogP contribution in [0.1, 0.15) is 35.8 Å². The van der Waals surface area contributed by atoms with E-state index in [2.05, 4.69) is 5.10 Å². The lowest BCUT2D eigenvalue weighted by molar-refractivity contribution is -0.148. The zero-order valence-electron chi connectivity index (χ0n) is 14.1. The molecule has 2 aliphatic heterocycles. The molecule has 1 aromatic carbocycles. The van der Waals surface area contributed by atoms with Crippen molar-refractivity contribution in [1.82, 2.24) is 19.2 Å². The molecule has 7 nitrogen and oxygen atoms in total. The molecule has 130 valence electrons. The van der Waals surface area contributed by atoms with Gasteiger partial charge in [0.05, 0.1) is 19.6 Å². The molecule has 2 aliphatic rings. The van der Waals surface area contributed by atoms with Crippen LogP contribution in [-0.4, -0.2) is 44.0 Å². The van der Waals surface area contributed by atoms with Gasteiger partial charge in [0, 0.05) is 6.42 Å². The lowest BCUT2D eigenvalue weighted by Gasteiger charge is -2.34. The quantitative estimate of drug-likeness (QED) is 0.824. The van der Waals surface area contributed by atoms with Crippen molar-refractivity contribution in [1.29, 1.82) is 0 Å². The molecule has 1 amide bonds. The summed E-state index contributed by atoms with van der Waals surface area (Å²) in [5, 5.41) is 4.45. The third-order valence-electron chi connectivity index (χ3n) is 4.91. The highest BCUT2D eigenvalue weighted by molar-refractivity contribution is 5.97. The second-order valence-corrected chi connectivity index (χ2v) is 6.85. The molecular weight excluding hydrogens is 320 g/mol. The summed E-state index contributed by atoms with van der Waals surface area (Å²) in [7, 11) is 0. The first-order chi connectivity index (χ1) is 12.0. The van der Waals surface area contributed by atoms with Gasteiger partial charge in [-0.2, -0.15) is 5.10 Å². The van der Waals surface area contributed by atoms with E-state index in [1.807, 2.05) is 31.2 Å². The van der Waals surface area contributed by atoms with Gasteiger partial charge in [-0.15, -0.1) is 0 Å². The number of ketones is 1. The minimum Gasteiger partial charge on any atom is -0.326 e. The van der Waals surface area contributed by atoms with E-state index in [1.165, 1.54) is 14.1 Å². The molecule has 4 rings (SSSR count). The van der Waals surface area contributed by atoms with Gasteiger partial charge in [-0.25, -0.2) is 9.48 Å². The van der Waals surface area contributed by atoms with Crippen molar-refractivity contribution < 1.29 is 9.59 Å². The van der Waals surface area contributed by atoms with Crippen molar-refractivity contribution in [2.24, 2.45) is 0 Å². The summed E-state index contributed by atoms with van der Waals surface area (Å²) in [5.74, 6) is 0.581. The second kappa shape index (κ2) is 5.98. The van der Waals surface area contributed by atoms with E-state index in [0.29, 0.717) is 25.2 Å². The summed E-state index contributed by atoms with van der Waals surface area (Å²) in [5.41, 5.74) is 1.91. The number of amides is 1. The van der Waals surface area contributed by atoms with Crippen LogP contribution in [0.15, 0.2) is 29.1 Å². The average Bonchev–Trinajstić information content (AvgIpc) is 2.89. The van der Waals surface area contributed by atoms with E-state index in [0.717, 1.165) is 17.5 Å². The number of hydrogen-bond acceptors (Lipinski definition) is 4. The highest BCUT2D eigenvalue weighted by Gasteiger charge is 2.37. The number of carbonyl (C=O) groups is 2. The van der Waals surface area contributed by atoms with Crippen molar-refractivity contribution in [2.45, 2.75) is 38.8 Å². The highest BCUT2D eigenvalue weighted by atomic mass is 16.2. The van der Waals surface area contributed by atoms with E-state index in [9.17, 15) is 14.4 Å². The molecule has 1 fully saturated rings.